The van der Waals surface area contributed by atoms with E-state index < -0.39 is 11.9 Å². The van der Waals surface area contributed by atoms with Crippen LogP contribution in [0, 0.1) is 5.82 Å². The number of halogens is 3. The average Bonchev–Trinajstić information content (AvgIpc) is 2.66. The van der Waals surface area contributed by atoms with Gasteiger partial charge in [-0.15, -0.1) is 0 Å². The molecular formula is C20H21Cl2FN2O3. The standard InChI is InChI=1S/C20H21Cl2FN2O3/c1-3-24-20(27)13(2)25(11-14-4-7-16(23)8-5-14)19(26)12-28-18-9-6-15(21)10-17(18)22/h4-10,13H,3,11-12H2,1-2H3,(H,24,27). The van der Waals surface area contributed by atoms with E-state index in [1.54, 1.807) is 38.1 Å². The number of nitrogens with one attached hydrogen (secondary N) is 1. The quantitative estimate of drug-likeness (QED) is 0.691. The maximum absolute atomic E-state index is 13.2. The summed E-state index contributed by atoms with van der Waals surface area (Å²) >= 11 is 11.9. The van der Waals surface area contributed by atoms with Gasteiger partial charge < -0.3 is 15.0 Å². The number of ether oxygens (including phenoxy) is 1. The lowest BCUT2D eigenvalue weighted by atomic mass is 10.1. The Bertz CT molecular complexity index is 831. The van der Waals surface area contributed by atoms with E-state index in [9.17, 15) is 14.0 Å². The van der Waals surface area contributed by atoms with Gasteiger partial charge in [-0.05, 0) is 49.7 Å². The molecule has 8 heteroatoms. The molecule has 28 heavy (non-hydrogen) atoms. The van der Waals surface area contributed by atoms with Gasteiger partial charge in [-0.3, -0.25) is 9.59 Å². The first-order chi connectivity index (χ1) is 13.3. The van der Waals surface area contributed by atoms with Gasteiger partial charge in [-0.25, -0.2) is 4.39 Å². The molecule has 5 nitrogen and oxygen atoms in total. The summed E-state index contributed by atoms with van der Waals surface area (Å²) in [5.74, 6) is -0.762. The van der Waals surface area contributed by atoms with E-state index in [0.717, 1.165) is 0 Å². The zero-order valence-electron chi connectivity index (χ0n) is 15.5. The van der Waals surface area contributed by atoms with Gasteiger partial charge in [0.15, 0.2) is 6.61 Å². The SMILES string of the molecule is CCNC(=O)C(C)N(Cc1ccc(F)cc1)C(=O)COc1ccc(Cl)cc1Cl. The Hall–Kier alpha value is -2.31. The lowest BCUT2D eigenvalue weighted by Gasteiger charge is -2.28. The summed E-state index contributed by atoms with van der Waals surface area (Å²) in [6.07, 6.45) is 0. The molecule has 0 fully saturated rings. The van der Waals surface area contributed by atoms with Gasteiger partial charge in [0, 0.05) is 18.1 Å². The molecule has 0 bridgehead atoms. The highest BCUT2D eigenvalue weighted by molar-refractivity contribution is 6.35. The van der Waals surface area contributed by atoms with Crippen LogP contribution in [0.25, 0.3) is 0 Å². The Labute approximate surface area is 173 Å². The number of hydrogen-bond donors (Lipinski definition) is 1. The van der Waals surface area contributed by atoms with Crippen LogP contribution in [0.5, 0.6) is 5.75 Å². The molecular weight excluding hydrogens is 406 g/mol. The van der Waals surface area contributed by atoms with Crippen molar-refractivity contribution in [2.24, 2.45) is 0 Å². The lowest BCUT2D eigenvalue weighted by Crippen LogP contribution is -2.49. The van der Waals surface area contributed by atoms with E-state index in [4.69, 9.17) is 27.9 Å². The van der Waals surface area contributed by atoms with E-state index in [1.165, 1.54) is 23.1 Å². The topological polar surface area (TPSA) is 58.6 Å². The van der Waals surface area contributed by atoms with Crippen LogP contribution in [0.4, 0.5) is 4.39 Å². The van der Waals surface area contributed by atoms with Crippen molar-refractivity contribution < 1.29 is 18.7 Å². The van der Waals surface area contributed by atoms with Crippen LogP contribution in [0.15, 0.2) is 42.5 Å². The molecule has 2 rings (SSSR count). The van der Waals surface area contributed by atoms with Crippen molar-refractivity contribution >= 4 is 35.0 Å². The summed E-state index contributed by atoms with van der Waals surface area (Å²) in [4.78, 5) is 26.4. The average molecular weight is 427 g/mol. The molecule has 0 radical (unpaired) electrons. The third kappa shape index (κ3) is 6.11. The second kappa shape index (κ2) is 10.3. The number of carbonyl (C=O) groups excluding carboxylic acids is 2. The Morgan fingerprint density at radius 3 is 2.46 bits per heavy atom. The summed E-state index contributed by atoms with van der Waals surface area (Å²) in [6.45, 7) is 3.68. The molecule has 2 amide bonds. The van der Waals surface area contributed by atoms with Crippen LogP contribution in [0.1, 0.15) is 19.4 Å². The summed E-state index contributed by atoms with van der Waals surface area (Å²) in [7, 11) is 0. The predicted octanol–water partition coefficient (Wildman–Crippen LogP) is 4.06. The Balaban J connectivity index is 2.15. The van der Waals surface area contributed by atoms with Crippen molar-refractivity contribution in [1.29, 1.82) is 0 Å². The maximum Gasteiger partial charge on any atom is 0.261 e. The zero-order valence-corrected chi connectivity index (χ0v) is 17.1. The molecule has 0 saturated carbocycles. The molecule has 0 aliphatic rings. The predicted molar refractivity (Wildman–Crippen MR) is 107 cm³/mol. The molecule has 0 aliphatic heterocycles. The second-order valence-electron chi connectivity index (χ2n) is 6.08. The fourth-order valence-electron chi connectivity index (χ4n) is 2.51. The highest BCUT2D eigenvalue weighted by atomic mass is 35.5. The third-order valence-corrected chi connectivity index (χ3v) is 4.56. The third-order valence-electron chi connectivity index (χ3n) is 4.03. The molecule has 1 atom stereocenters. The van der Waals surface area contributed by atoms with E-state index in [0.29, 0.717) is 22.9 Å². The molecule has 2 aromatic carbocycles. The molecule has 0 aromatic heterocycles. The van der Waals surface area contributed by atoms with Gasteiger partial charge in [0.1, 0.15) is 17.6 Å². The monoisotopic (exact) mass is 426 g/mol. The first-order valence-corrected chi connectivity index (χ1v) is 9.47. The molecule has 1 N–H and O–H groups in total. The fraction of sp³-hybridized carbons (Fsp3) is 0.300. The van der Waals surface area contributed by atoms with Gasteiger partial charge in [0.05, 0.1) is 5.02 Å². The van der Waals surface area contributed by atoms with Crippen molar-refractivity contribution in [3.63, 3.8) is 0 Å². The number of rotatable bonds is 8. The van der Waals surface area contributed by atoms with Gasteiger partial charge in [0.25, 0.3) is 5.91 Å². The molecule has 0 saturated heterocycles. The summed E-state index contributed by atoms with van der Waals surface area (Å²) < 4.78 is 18.7. The molecule has 1 unspecified atom stereocenters. The van der Waals surface area contributed by atoms with Crippen molar-refractivity contribution in [3.8, 4) is 5.75 Å². The first-order valence-electron chi connectivity index (χ1n) is 8.71. The molecule has 2 aromatic rings. The highest BCUT2D eigenvalue weighted by Gasteiger charge is 2.26. The smallest absolute Gasteiger partial charge is 0.261 e. The Kier molecular flexibility index (Phi) is 8.08. The van der Waals surface area contributed by atoms with Crippen molar-refractivity contribution in [2.75, 3.05) is 13.2 Å². The number of amides is 2. The van der Waals surface area contributed by atoms with E-state index >= 15 is 0 Å². The van der Waals surface area contributed by atoms with Crippen LogP contribution in [-0.4, -0.2) is 35.9 Å². The molecule has 150 valence electrons. The normalized spacial score (nSPS) is 11.6. The fourth-order valence-corrected chi connectivity index (χ4v) is 2.97. The molecule has 0 aliphatic carbocycles. The zero-order chi connectivity index (χ0) is 20.7. The molecule has 0 spiro atoms. The number of hydrogen-bond acceptors (Lipinski definition) is 3. The van der Waals surface area contributed by atoms with Gasteiger partial charge >= 0.3 is 0 Å². The van der Waals surface area contributed by atoms with E-state index in [2.05, 4.69) is 5.32 Å². The van der Waals surface area contributed by atoms with Crippen molar-refractivity contribution in [1.82, 2.24) is 10.2 Å². The largest absolute Gasteiger partial charge is 0.482 e. The lowest BCUT2D eigenvalue weighted by molar-refractivity contribution is -0.142. The van der Waals surface area contributed by atoms with Gasteiger partial charge in [-0.2, -0.15) is 0 Å². The van der Waals surface area contributed by atoms with E-state index in [1.807, 2.05) is 0 Å². The Morgan fingerprint density at radius 1 is 1.18 bits per heavy atom. The van der Waals surface area contributed by atoms with Crippen LogP contribution < -0.4 is 10.1 Å². The highest BCUT2D eigenvalue weighted by Crippen LogP contribution is 2.27. The van der Waals surface area contributed by atoms with Crippen LogP contribution >= 0.6 is 23.2 Å². The number of likely N-dealkylation sites (N-methyl/N-ethyl adjacent to an activating group) is 1. The van der Waals surface area contributed by atoms with Gasteiger partial charge in [0.2, 0.25) is 5.91 Å². The minimum Gasteiger partial charge on any atom is -0.482 e. The van der Waals surface area contributed by atoms with E-state index in [-0.39, 0.29) is 29.9 Å². The number of benzene rings is 2. The number of carbonyl (C=O) groups is 2. The number of nitrogens with zero attached hydrogens (tertiary/aromatic N) is 1. The minimum absolute atomic E-state index is 0.134. The second-order valence-corrected chi connectivity index (χ2v) is 6.93. The Morgan fingerprint density at radius 2 is 1.86 bits per heavy atom. The van der Waals surface area contributed by atoms with Crippen molar-refractivity contribution in [3.05, 3.63) is 63.9 Å². The minimum atomic E-state index is -0.734. The van der Waals surface area contributed by atoms with Crippen LogP contribution in [0.2, 0.25) is 10.0 Å². The summed E-state index contributed by atoms with van der Waals surface area (Å²) in [6, 6.07) is 9.68. The van der Waals surface area contributed by atoms with Crippen LogP contribution in [-0.2, 0) is 16.1 Å². The summed E-state index contributed by atoms with van der Waals surface area (Å²) in [5, 5.41) is 3.43. The van der Waals surface area contributed by atoms with Crippen molar-refractivity contribution in [2.45, 2.75) is 26.4 Å². The molecule has 0 heterocycles. The van der Waals surface area contributed by atoms with Crippen LogP contribution in [0.3, 0.4) is 0 Å². The first kappa shape index (κ1) is 22.0. The van der Waals surface area contributed by atoms with Gasteiger partial charge in [-0.1, -0.05) is 35.3 Å². The summed E-state index contributed by atoms with van der Waals surface area (Å²) in [5.41, 5.74) is 0.690. The maximum atomic E-state index is 13.2.